The zero-order chi connectivity index (χ0) is 14.5. The van der Waals surface area contributed by atoms with Crippen molar-refractivity contribution in [1.82, 2.24) is 4.90 Å². The average molecular weight is 275 g/mol. The Morgan fingerprint density at radius 3 is 1.95 bits per heavy atom. The van der Waals surface area contributed by atoms with Crippen LogP contribution in [0.4, 0.5) is 0 Å². The van der Waals surface area contributed by atoms with Crippen LogP contribution in [0.5, 0.6) is 0 Å². The highest BCUT2D eigenvalue weighted by atomic mass is 15.2. The Kier molecular flexibility index (Phi) is 5.97. The highest BCUT2D eigenvalue weighted by molar-refractivity contribution is 5.07. The smallest absolute Gasteiger partial charge is 0.0204 e. The molecule has 0 aromatic carbocycles. The molecule has 0 aromatic rings. The van der Waals surface area contributed by atoms with E-state index >= 15 is 0 Å². The van der Waals surface area contributed by atoms with Crippen LogP contribution in [-0.2, 0) is 0 Å². The van der Waals surface area contributed by atoms with Crippen LogP contribution in [0.25, 0.3) is 0 Å². The number of hydrogen-bond acceptors (Lipinski definition) is 1. The van der Waals surface area contributed by atoms with Gasteiger partial charge in [0, 0.05) is 17.9 Å². The SMILES string of the molecule is CC(C)C#CC1CCC(N2CCC(C(C)C)CC2)CC1. The normalized spacial score (nSPS) is 29.5. The van der Waals surface area contributed by atoms with Crippen LogP contribution in [0.3, 0.4) is 0 Å². The standard InChI is InChI=1S/C19H33N/c1-15(2)5-6-17-7-9-19(10-8-17)20-13-11-18(12-14-20)16(3)4/h15-19H,7-14H2,1-4H3. The van der Waals surface area contributed by atoms with Crippen LogP contribution in [0.2, 0.25) is 0 Å². The first-order chi connectivity index (χ1) is 9.56. The fourth-order valence-corrected chi connectivity index (χ4v) is 3.82. The summed E-state index contributed by atoms with van der Waals surface area (Å²) in [4.78, 5) is 2.78. The van der Waals surface area contributed by atoms with E-state index in [1.165, 1.54) is 51.6 Å². The molecule has 2 aliphatic rings. The number of piperidine rings is 1. The minimum atomic E-state index is 0.530. The molecule has 20 heavy (non-hydrogen) atoms. The van der Waals surface area contributed by atoms with Crippen molar-refractivity contribution in [3.05, 3.63) is 0 Å². The Hall–Kier alpha value is -0.480. The Bertz CT molecular complexity index is 331. The molecule has 0 atom stereocenters. The maximum Gasteiger partial charge on any atom is 0.0204 e. The zero-order valence-corrected chi connectivity index (χ0v) is 14.0. The summed E-state index contributed by atoms with van der Waals surface area (Å²) in [6.45, 7) is 11.8. The van der Waals surface area contributed by atoms with E-state index in [0.717, 1.165) is 17.9 Å². The molecule has 1 heteroatoms. The second-order valence-corrected chi connectivity index (χ2v) is 7.57. The molecule has 0 aromatic heterocycles. The summed E-state index contributed by atoms with van der Waals surface area (Å²) in [6, 6.07) is 0.861. The third-order valence-corrected chi connectivity index (χ3v) is 5.31. The molecule has 2 rings (SSSR count). The van der Waals surface area contributed by atoms with E-state index < -0.39 is 0 Å². The fourth-order valence-electron chi connectivity index (χ4n) is 3.82. The molecule has 1 saturated carbocycles. The average Bonchev–Trinajstić information content (AvgIpc) is 2.46. The summed E-state index contributed by atoms with van der Waals surface area (Å²) in [5.41, 5.74) is 0. The molecule has 0 spiro atoms. The fraction of sp³-hybridized carbons (Fsp3) is 0.895. The van der Waals surface area contributed by atoms with Crippen molar-refractivity contribution in [3.63, 3.8) is 0 Å². The Labute approximate surface area is 126 Å². The van der Waals surface area contributed by atoms with Gasteiger partial charge in [0.05, 0.1) is 0 Å². The molecule has 0 radical (unpaired) electrons. The van der Waals surface area contributed by atoms with Gasteiger partial charge >= 0.3 is 0 Å². The van der Waals surface area contributed by atoms with Crippen molar-refractivity contribution in [1.29, 1.82) is 0 Å². The molecule has 1 aliphatic carbocycles. The summed E-state index contributed by atoms with van der Waals surface area (Å²) in [6.07, 6.45) is 8.26. The van der Waals surface area contributed by atoms with Crippen molar-refractivity contribution in [2.45, 2.75) is 72.3 Å². The Morgan fingerprint density at radius 2 is 1.45 bits per heavy atom. The number of likely N-dealkylation sites (tertiary alicyclic amines) is 1. The number of hydrogen-bond donors (Lipinski definition) is 0. The summed E-state index contributed by atoms with van der Waals surface area (Å²) < 4.78 is 0. The first-order valence-corrected chi connectivity index (χ1v) is 8.81. The second-order valence-electron chi connectivity index (χ2n) is 7.57. The Balaban J connectivity index is 1.74. The third-order valence-electron chi connectivity index (χ3n) is 5.31. The van der Waals surface area contributed by atoms with Gasteiger partial charge < -0.3 is 4.90 Å². The van der Waals surface area contributed by atoms with Crippen LogP contribution in [0, 0.1) is 35.5 Å². The van der Waals surface area contributed by atoms with Crippen molar-refractivity contribution >= 4 is 0 Å². The lowest BCUT2D eigenvalue weighted by molar-refractivity contribution is 0.0883. The molecule has 1 nitrogen and oxygen atoms in total. The van der Waals surface area contributed by atoms with Crippen molar-refractivity contribution in [3.8, 4) is 11.8 Å². The molecule has 1 aliphatic heterocycles. The van der Waals surface area contributed by atoms with Crippen molar-refractivity contribution in [2.24, 2.45) is 23.7 Å². The topological polar surface area (TPSA) is 3.24 Å². The summed E-state index contributed by atoms with van der Waals surface area (Å²) in [7, 11) is 0. The monoisotopic (exact) mass is 275 g/mol. The van der Waals surface area contributed by atoms with E-state index in [1.807, 2.05) is 0 Å². The van der Waals surface area contributed by atoms with Gasteiger partial charge in [-0.1, -0.05) is 33.6 Å². The van der Waals surface area contributed by atoms with Gasteiger partial charge in [-0.2, -0.15) is 0 Å². The number of nitrogens with zero attached hydrogens (tertiary/aromatic N) is 1. The van der Waals surface area contributed by atoms with Gasteiger partial charge in [0.2, 0.25) is 0 Å². The maximum absolute atomic E-state index is 3.50. The minimum Gasteiger partial charge on any atom is -0.300 e. The summed E-state index contributed by atoms with van der Waals surface area (Å²) >= 11 is 0. The molecular formula is C19H33N. The Morgan fingerprint density at radius 1 is 0.850 bits per heavy atom. The molecule has 114 valence electrons. The van der Waals surface area contributed by atoms with E-state index in [9.17, 15) is 0 Å². The highest BCUT2D eigenvalue weighted by Gasteiger charge is 2.29. The quantitative estimate of drug-likeness (QED) is 0.667. The van der Waals surface area contributed by atoms with E-state index in [1.54, 1.807) is 0 Å². The lowest BCUT2D eigenvalue weighted by Crippen LogP contribution is -2.43. The molecule has 0 bridgehead atoms. The first-order valence-electron chi connectivity index (χ1n) is 8.81. The lowest BCUT2D eigenvalue weighted by Gasteiger charge is -2.41. The van der Waals surface area contributed by atoms with Crippen LogP contribution in [-0.4, -0.2) is 24.0 Å². The molecule has 0 N–H and O–H groups in total. The van der Waals surface area contributed by atoms with Gasteiger partial charge in [0.1, 0.15) is 0 Å². The predicted molar refractivity (Wildman–Crippen MR) is 87.5 cm³/mol. The predicted octanol–water partition coefficient (Wildman–Crippen LogP) is 4.57. The van der Waals surface area contributed by atoms with Gasteiger partial charge in [-0.15, -0.1) is 5.92 Å². The largest absolute Gasteiger partial charge is 0.300 e. The molecule has 1 saturated heterocycles. The summed E-state index contributed by atoms with van der Waals surface area (Å²) in [5.74, 6) is 9.92. The molecule has 0 unspecified atom stereocenters. The number of rotatable bonds is 2. The third kappa shape index (κ3) is 4.52. The summed E-state index contributed by atoms with van der Waals surface area (Å²) in [5, 5.41) is 0. The van der Waals surface area contributed by atoms with E-state index in [4.69, 9.17) is 0 Å². The molecular weight excluding hydrogens is 242 g/mol. The van der Waals surface area contributed by atoms with E-state index in [-0.39, 0.29) is 0 Å². The van der Waals surface area contributed by atoms with Crippen molar-refractivity contribution < 1.29 is 0 Å². The van der Waals surface area contributed by atoms with Gasteiger partial charge in [-0.3, -0.25) is 0 Å². The van der Waals surface area contributed by atoms with Crippen LogP contribution in [0.1, 0.15) is 66.2 Å². The maximum atomic E-state index is 3.50. The van der Waals surface area contributed by atoms with E-state index in [2.05, 4.69) is 44.4 Å². The van der Waals surface area contributed by atoms with Gasteiger partial charge in [0.15, 0.2) is 0 Å². The van der Waals surface area contributed by atoms with Gasteiger partial charge in [-0.05, 0) is 63.5 Å². The lowest BCUT2D eigenvalue weighted by atomic mass is 9.82. The van der Waals surface area contributed by atoms with E-state index in [0.29, 0.717) is 11.8 Å². The molecule has 2 fully saturated rings. The zero-order valence-electron chi connectivity index (χ0n) is 14.0. The van der Waals surface area contributed by atoms with Crippen LogP contribution >= 0.6 is 0 Å². The minimum absolute atomic E-state index is 0.530. The molecule has 0 amide bonds. The second kappa shape index (κ2) is 7.51. The van der Waals surface area contributed by atoms with Crippen LogP contribution < -0.4 is 0 Å². The first kappa shape index (κ1) is 15.9. The van der Waals surface area contributed by atoms with Crippen molar-refractivity contribution in [2.75, 3.05) is 13.1 Å². The van der Waals surface area contributed by atoms with Gasteiger partial charge in [-0.25, -0.2) is 0 Å². The highest BCUT2D eigenvalue weighted by Crippen LogP contribution is 2.31. The molecule has 1 heterocycles. The van der Waals surface area contributed by atoms with Gasteiger partial charge in [0.25, 0.3) is 0 Å². The van der Waals surface area contributed by atoms with Crippen LogP contribution in [0.15, 0.2) is 0 Å².